The third-order valence-corrected chi connectivity index (χ3v) is 4.39. The number of carbonyl (C=O) groups is 1. The Morgan fingerprint density at radius 1 is 1.28 bits per heavy atom. The molecule has 2 aromatic rings. The Balaban J connectivity index is 2.27. The van der Waals surface area contributed by atoms with Crippen molar-refractivity contribution >= 4 is 5.91 Å². The lowest BCUT2D eigenvalue weighted by atomic mass is 9.89. The van der Waals surface area contributed by atoms with Crippen LogP contribution in [0.2, 0.25) is 0 Å². The van der Waals surface area contributed by atoms with Crippen LogP contribution in [0.4, 0.5) is 0 Å². The van der Waals surface area contributed by atoms with Crippen molar-refractivity contribution in [1.29, 1.82) is 0 Å². The molecule has 5 nitrogen and oxygen atoms in total. The Morgan fingerprint density at radius 2 is 1.92 bits per heavy atom. The van der Waals surface area contributed by atoms with Crippen molar-refractivity contribution in [3.05, 3.63) is 47.3 Å². The summed E-state index contributed by atoms with van der Waals surface area (Å²) >= 11 is 0. The number of hydrogen-bond donors (Lipinski definition) is 2. The average molecular weight is 343 g/mol. The minimum absolute atomic E-state index is 0.117. The fourth-order valence-corrected chi connectivity index (χ4v) is 2.79. The van der Waals surface area contributed by atoms with Crippen LogP contribution >= 0.6 is 0 Å². The number of aliphatic hydroxyl groups excluding tert-OH is 1. The van der Waals surface area contributed by atoms with E-state index in [4.69, 9.17) is 5.11 Å². The van der Waals surface area contributed by atoms with Crippen LogP contribution in [0, 0.1) is 12.3 Å². The molecule has 1 amide bonds. The van der Waals surface area contributed by atoms with E-state index in [1.165, 1.54) is 5.56 Å². The molecule has 0 spiro atoms. The molecule has 0 aliphatic carbocycles. The first-order valence-corrected chi connectivity index (χ1v) is 8.79. The second-order valence-electron chi connectivity index (χ2n) is 7.67. The average Bonchev–Trinajstić information content (AvgIpc) is 2.98. The summed E-state index contributed by atoms with van der Waals surface area (Å²) in [7, 11) is 0. The van der Waals surface area contributed by atoms with Crippen LogP contribution in [0.5, 0.6) is 0 Å². The number of nitrogens with zero attached hydrogens (tertiary/aromatic N) is 2. The molecule has 0 fully saturated rings. The molecule has 2 N–H and O–H groups in total. The lowest BCUT2D eigenvalue weighted by Crippen LogP contribution is -2.35. The normalized spacial score (nSPS) is 11.8. The van der Waals surface area contributed by atoms with Crippen molar-refractivity contribution in [2.45, 2.75) is 47.0 Å². The summed E-state index contributed by atoms with van der Waals surface area (Å²) in [6.07, 6.45) is 2.29. The number of nitrogens with one attached hydrogen (secondary N) is 1. The van der Waals surface area contributed by atoms with E-state index in [-0.39, 0.29) is 23.8 Å². The maximum absolute atomic E-state index is 12.7. The zero-order valence-corrected chi connectivity index (χ0v) is 15.8. The van der Waals surface area contributed by atoms with E-state index in [0.717, 1.165) is 11.4 Å². The summed E-state index contributed by atoms with van der Waals surface area (Å²) < 4.78 is 1.85. The van der Waals surface area contributed by atoms with Crippen molar-refractivity contribution < 1.29 is 9.90 Å². The molecule has 136 valence electrons. The summed E-state index contributed by atoms with van der Waals surface area (Å²) in [6, 6.07) is 8.11. The van der Waals surface area contributed by atoms with E-state index in [1.54, 1.807) is 6.20 Å². The Kier molecular flexibility index (Phi) is 6.01. The maximum atomic E-state index is 12.7. The molecule has 0 atom stereocenters. The van der Waals surface area contributed by atoms with E-state index in [2.05, 4.69) is 24.3 Å². The van der Waals surface area contributed by atoms with Gasteiger partial charge >= 0.3 is 0 Å². The SMILES string of the molecule is Cc1ccc(-n2ncc(C(=O)NCC(C)(C)CCO)c2C(C)C)cc1. The monoisotopic (exact) mass is 343 g/mol. The summed E-state index contributed by atoms with van der Waals surface area (Å²) in [4.78, 5) is 12.7. The molecule has 5 heteroatoms. The summed E-state index contributed by atoms with van der Waals surface area (Å²) in [6.45, 7) is 10.9. The van der Waals surface area contributed by atoms with Crippen LogP contribution in [-0.4, -0.2) is 33.9 Å². The summed E-state index contributed by atoms with van der Waals surface area (Å²) in [5, 5.41) is 16.6. The number of amides is 1. The van der Waals surface area contributed by atoms with Gasteiger partial charge in [0.2, 0.25) is 0 Å². The van der Waals surface area contributed by atoms with E-state index < -0.39 is 0 Å². The van der Waals surface area contributed by atoms with Gasteiger partial charge in [0.15, 0.2) is 0 Å². The van der Waals surface area contributed by atoms with Gasteiger partial charge in [0, 0.05) is 13.2 Å². The number of aryl methyl sites for hydroxylation is 1. The van der Waals surface area contributed by atoms with Gasteiger partial charge < -0.3 is 10.4 Å². The third-order valence-electron chi connectivity index (χ3n) is 4.39. The van der Waals surface area contributed by atoms with Gasteiger partial charge in [-0.2, -0.15) is 5.10 Å². The minimum Gasteiger partial charge on any atom is -0.396 e. The second kappa shape index (κ2) is 7.83. The summed E-state index contributed by atoms with van der Waals surface area (Å²) in [5.74, 6) is 0.0445. The predicted molar refractivity (Wildman–Crippen MR) is 100 cm³/mol. The van der Waals surface area contributed by atoms with Gasteiger partial charge in [-0.3, -0.25) is 4.79 Å². The molecule has 0 saturated carbocycles. The number of carbonyl (C=O) groups excluding carboxylic acids is 1. The number of rotatable bonds is 7. The first kappa shape index (κ1) is 19.2. The van der Waals surface area contributed by atoms with Crippen LogP contribution in [-0.2, 0) is 0 Å². The molecule has 25 heavy (non-hydrogen) atoms. The zero-order chi connectivity index (χ0) is 18.6. The van der Waals surface area contributed by atoms with E-state index >= 15 is 0 Å². The predicted octanol–water partition coefficient (Wildman–Crippen LogP) is 3.44. The molecular weight excluding hydrogens is 314 g/mol. The molecule has 0 radical (unpaired) electrons. The Labute approximate surface area is 150 Å². The Hall–Kier alpha value is -2.14. The van der Waals surface area contributed by atoms with Gasteiger partial charge in [-0.05, 0) is 36.8 Å². The third kappa shape index (κ3) is 4.69. The quantitative estimate of drug-likeness (QED) is 0.809. The van der Waals surface area contributed by atoms with E-state index in [1.807, 2.05) is 49.7 Å². The standard InChI is InChI=1S/C20H29N3O2/c1-14(2)18-17(19(25)21-13-20(4,5)10-11-24)12-22-23(18)16-8-6-15(3)7-9-16/h6-9,12,14,24H,10-11,13H2,1-5H3,(H,21,25). The number of aliphatic hydroxyl groups is 1. The number of benzene rings is 1. The first-order chi connectivity index (χ1) is 11.7. The Morgan fingerprint density at radius 3 is 2.48 bits per heavy atom. The molecule has 1 heterocycles. The smallest absolute Gasteiger partial charge is 0.254 e. The van der Waals surface area contributed by atoms with Gasteiger partial charge in [-0.25, -0.2) is 4.68 Å². The minimum atomic E-state index is -0.143. The van der Waals surface area contributed by atoms with Crippen molar-refractivity contribution in [1.82, 2.24) is 15.1 Å². The molecule has 0 unspecified atom stereocenters. The van der Waals surface area contributed by atoms with Crippen LogP contribution in [0.15, 0.2) is 30.5 Å². The van der Waals surface area contributed by atoms with Crippen LogP contribution < -0.4 is 5.32 Å². The second-order valence-corrected chi connectivity index (χ2v) is 7.67. The van der Waals surface area contributed by atoms with E-state index in [0.29, 0.717) is 18.5 Å². The first-order valence-electron chi connectivity index (χ1n) is 8.79. The molecule has 0 aliphatic rings. The Bertz CT molecular complexity index is 715. The lowest BCUT2D eigenvalue weighted by molar-refractivity contribution is 0.0927. The van der Waals surface area contributed by atoms with Gasteiger partial charge in [-0.1, -0.05) is 45.4 Å². The molecule has 2 rings (SSSR count). The van der Waals surface area contributed by atoms with E-state index in [9.17, 15) is 4.79 Å². The van der Waals surface area contributed by atoms with Crippen molar-refractivity contribution in [3.63, 3.8) is 0 Å². The lowest BCUT2D eigenvalue weighted by Gasteiger charge is -2.24. The molecule has 0 saturated heterocycles. The highest BCUT2D eigenvalue weighted by Gasteiger charge is 2.23. The van der Waals surface area contributed by atoms with Crippen LogP contribution in [0.3, 0.4) is 0 Å². The molecule has 0 bridgehead atoms. The number of aromatic nitrogens is 2. The van der Waals surface area contributed by atoms with Gasteiger partial charge in [-0.15, -0.1) is 0 Å². The van der Waals surface area contributed by atoms with Gasteiger partial charge in [0.1, 0.15) is 0 Å². The van der Waals surface area contributed by atoms with Crippen LogP contribution in [0.25, 0.3) is 5.69 Å². The summed E-state index contributed by atoms with van der Waals surface area (Å²) in [5.41, 5.74) is 3.51. The molecule has 0 aliphatic heterocycles. The highest BCUT2D eigenvalue weighted by atomic mass is 16.3. The zero-order valence-electron chi connectivity index (χ0n) is 15.8. The molecule has 1 aromatic heterocycles. The van der Waals surface area contributed by atoms with Crippen molar-refractivity contribution in [2.75, 3.05) is 13.2 Å². The highest BCUT2D eigenvalue weighted by Crippen LogP contribution is 2.24. The fourth-order valence-electron chi connectivity index (χ4n) is 2.79. The van der Waals surface area contributed by atoms with Gasteiger partial charge in [0.05, 0.1) is 23.1 Å². The number of hydrogen-bond acceptors (Lipinski definition) is 3. The largest absolute Gasteiger partial charge is 0.396 e. The molecular formula is C20H29N3O2. The topological polar surface area (TPSA) is 67.2 Å². The fraction of sp³-hybridized carbons (Fsp3) is 0.500. The van der Waals surface area contributed by atoms with Crippen molar-refractivity contribution in [3.8, 4) is 5.69 Å². The van der Waals surface area contributed by atoms with Crippen LogP contribution in [0.1, 0.15) is 61.6 Å². The molecule has 1 aromatic carbocycles. The maximum Gasteiger partial charge on any atom is 0.254 e. The van der Waals surface area contributed by atoms with Gasteiger partial charge in [0.25, 0.3) is 5.91 Å². The van der Waals surface area contributed by atoms with Crippen molar-refractivity contribution in [2.24, 2.45) is 5.41 Å². The highest BCUT2D eigenvalue weighted by molar-refractivity contribution is 5.95.